The zero-order valence-corrected chi connectivity index (χ0v) is 13.6. The molecule has 1 aromatic heterocycles. The lowest BCUT2D eigenvalue weighted by atomic mass is 9.82. The summed E-state index contributed by atoms with van der Waals surface area (Å²) >= 11 is 5.18. The number of halogens is 1. The summed E-state index contributed by atoms with van der Waals surface area (Å²) in [6.45, 7) is 0. The molecule has 1 aromatic carbocycles. The fourth-order valence-corrected chi connectivity index (χ4v) is 4.14. The number of benzene rings is 1. The van der Waals surface area contributed by atoms with Gasteiger partial charge in [-0.1, -0.05) is 15.9 Å². The van der Waals surface area contributed by atoms with Crippen LogP contribution in [0.1, 0.15) is 39.6 Å². The SMILES string of the molecule is COc1cc(Br)ccc1C(=O)C1CCCc2sccc21. The summed E-state index contributed by atoms with van der Waals surface area (Å²) in [5.74, 6) is 0.806. The number of ketones is 1. The summed E-state index contributed by atoms with van der Waals surface area (Å²) in [5.41, 5.74) is 1.90. The van der Waals surface area contributed by atoms with Crippen molar-refractivity contribution in [1.82, 2.24) is 0 Å². The minimum absolute atomic E-state index is 0.0138. The molecule has 104 valence electrons. The molecule has 0 aliphatic heterocycles. The fraction of sp³-hybridized carbons (Fsp3) is 0.312. The molecule has 1 aliphatic rings. The van der Waals surface area contributed by atoms with Gasteiger partial charge in [-0.25, -0.2) is 0 Å². The molecule has 1 heterocycles. The number of carbonyl (C=O) groups excluding carboxylic acids is 1. The van der Waals surface area contributed by atoms with Gasteiger partial charge in [-0.3, -0.25) is 4.79 Å². The molecule has 0 fully saturated rings. The van der Waals surface area contributed by atoms with Crippen LogP contribution in [0.15, 0.2) is 34.1 Å². The van der Waals surface area contributed by atoms with Crippen LogP contribution >= 0.6 is 27.3 Å². The molecule has 0 N–H and O–H groups in total. The van der Waals surface area contributed by atoms with E-state index in [-0.39, 0.29) is 11.7 Å². The number of hydrogen-bond donors (Lipinski definition) is 0. The predicted molar refractivity (Wildman–Crippen MR) is 85.0 cm³/mol. The van der Waals surface area contributed by atoms with Gasteiger partial charge in [0.15, 0.2) is 5.78 Å². The van der Waals surface area contributed by atoms with Crippen molar-refractivity contribution < 1.29 is 9.53 Å². The average molecular weight is 351 g/mol. The van der Waals surface area contributed by atoms with Gasteiger partial charge in [0, 0.05) is 15.3 Å². The highest BCUT2D eigenvalue weighted by molar-refractivity contribution is 9.10. The van der Waals surface area contributed by atoms with Gasteiger partial charge >= 0.3 is 0 Å². The summed E-state index contributed by atoms with van der Waals surface area (Å²) in [6.07, 6.45) is 3.12. The van der Waals surface area contributed by atoms with Gasteiger partial charge in [-0.15, -0.1) is 11.3 Å². The third-order valence-corrected chi connectivity index (χ3v) is 5.29. The molecule has 1 atom stereocenters. The predicted octanol–water partition coefficient (Wildman–Crippen LogP) is 4.82. The number of rotatable bonds is 3. The normalized spacial score (nSPS) is 17.6. The Bertz CT molecular complexity index is 648. The van der Waals surface area contributed by atoms with E-state index in [1.54, 1.807) is 18.4 Å². The molecular formula is C16H15BrO2S. The zero-order valence-electron chi connectivity index (χ0n) is 11.2. The first-order valence-electron chi connectivity index (χ1n) is 6.64. The number of Topliss-reactive ketones (excluding diaryl/α,β-unsaturated/α-hetero) is 1. The number of carbonyl (C=O) groups is 1. The van der Waals surface area contributed by atoms with Crippen LogP contribution in [-0.4, -0.2) is 12.9 Å². The molecular weight excluding hydrogens is 336 g/mol. The number of thiophene rings is 1. The van der Waals surface area contributed by atoms with Crippen molar-refractivity contribution in [1.29, 1.82) is 0 Å². The van der Waals surface area contributed by atoms with Gasteiger partial charge in [-0.05, 0) is 54.5 Å². The van der Waals surface area contributed by atoms with Crippen LogP contribution in [0.5, 0.6) is 5.75 Å². The number of hydrogen-bond acceptors (Lipinski definition) is 3. The summed E-state index contributed by atoms with van der Waals surface area (Å²) < 4.78 is 6.28. The van der Waals surface area contributed by atoms with Gasteiger partial charge in [0.1, 0.15) is 5.75 Å². The summed E-state index contributed by atoms with van der Waals surface area (Å²) in [7, 11) is 1.61. The van der Waals surface area contributed by atoms with Crippen molar-refractivity contribution in [3.63, 3.8) is 0 Å². The van der Waals surface area contributed by atoms with Crippen LogP contribution in [0, 0.1) is 0 Å². The largest absolute Gasteiger partial charge is 0.496 e. The van der Waals surface area contributed by atoms with Gasteiger partial charge in [-0.2, -0.15) is 0 Å². The van der Waals surface area contributed by atoms with Gasteiger partial charge in [0.05, 0.1) is 12.7 Å². The summed E-state index contributed by atoms with van der Waals surface area (Å²) in [6, 6.07) is 7.71. The second-order valence-corrected chi connectivity index (χ2v) is 6.87. The smallest absolute Gasteiger partial charge is 0.174 e. The molecule has 1 aliphatic carbocycles. The standard InChI is InChI=1S/C16H15BrO2S/c1-19-14-9-10(17)5-6-13(14)16(18)12-3-2-4-15-11(12)7-8-20-15/h5-9,12H,2-4H2,1H3. The fourth-order valence-electron chi connectivity index (χ4n) is 2.82. The lowest BCUT2D eigenvalue weighted by molar-refractivity contribution is 0.0948. The third-order valence-electron chi connectivity index (χ3n) is 3.80. The van der Waals surface area contributed by atoms with Crippen LogP contribution in [0.3, 0.4) is 0 Å². The maximum Gasteiger partial charge on any atom is 0.174 e. The molecule has 0 saturated heterocycles. The molecule has 0 spiro atoms. The molecule has 3 rings (SSSR count). The molecule has 0 amide bonds. The molecule has 20 heavy (non-hydrogen) atoms. The monoisotopic (exact) mass is 350 g/mol. The first-order valence-corrected chi connectivity index (χ1v) is 8.32. The van der Waals surface area contributed by atoms with Crippen LogP contribution in [0.4, 0.5) is 0 Å². The van der Waals surface area contributed by atoms with Crippen LogP contribution in [0.2, 0.25) is 0 Å². The van der Waals surface area contributed by atoms with Crippen molar-refractivity contribution in [2.24, 2.45) is 0 Å². The van der Waals surface area contributed by atoms with Crippen molar-refractivity contribution in [3.8, 4) is 5.75 Å². The zero-order chi connectivity index (χ0) is 14.1. The van der Waals surface area contributed by atoms with Crippen LogP contribution < -0.4 is 4.74 Å². The minimum atomic E-state index is -0.0138. The van der Waals surface area contributed by atoms with E-state index in [0.29, 0.717) is 11.3 Å². The lowest BCUT2D eigenvalue weighted by Crippen LogP contribution is -2.18. The van der Waals surface area contributed by atoms with Crippen LogP contribution in [-0.2, 0) is 6.42 Å². The van der Waals surface area contributed by atoms with E-state index in [0.717, 1.165) is 23.7 Å². The molecule has 1 unspecified atom stereocenters. The van der Waals surface area contributed by atoms with E-state index in [9.17, 15) is 4.79 Å². The Hall–Kier alpha value is -1.13. The van der Waals surface area contributed by atoms with Gasteiger partial charge in [0.2, 0.25) is 0 Å². The first-order chi connectivity index (χ1) is 9.70. The van der Waals surface area contributed by atoms with Gasteiger partial charge < -0.3 is 4.74 Å². The maximum absolute atomic E-state index is 12.9. The summed E-state index contributed by atoms with van der Waals surface area (Å²) in [5, 5.41) is 2.09. The van der Waals surface area contributed by atoms with Gasteiger partial charge in [0.25, 0.3) is 0 Å². The van der Waals surface area contributed by atoms with Crippen molar-refractivity contribution >= 4 is 33.0 Å². The quantitative estimate of drug-likeness (QED) is 0.741. The van der Waals surface area contributed by atoms with Crippen molar-refractivity contribution in [2.75, 3.05) is 7.11 Å². The summed E-state index contributed by atoms with van der Waals surface area (Å²) in [4.78, 5) is 14.2. The molecule has 2 nitrogen and oxygen atoms in total. The number of fused-ring (bicyclic) bond motifs is 1. The molecule has 0 saturated carbocycles. The second-order valence-electron chi connectivity index (χ2n) is 4.95. The maximum atomic E-state index is 12.9. The average Bonchev–Trinajstić information content (AvgIpc) is 2.94. The third kappa shape index (κ3) is 2.42. The first kappa shape index (κ1) is 13.8. The Balaban J connectivity index is 1.99. The Kier molecular flexibility index (Phi) is 3.94. The highest BCUT2D eigenvalue weighted by Crippen LogP contribution is 2.38. The van der Waals surface area contributed by atoms with Crippen LogP contribution in [0.25, 0.3) is 0 Å². The van der Waals surface area contributed by atoms with Crippen molar-refractivity contribution in [3.05, 3.63) is 50.1 Å². The van der Waals surface area contributed by atoms with E-state index in [2.05, 4.69) is 27.4 Å². The Morgan fingerprint density at radius 2 is 2.25 bits per heavy atom. The number of ether oxygens (including phenoxy) is 1. The Morgan fingerprint density at radius 1 is 1.40 bits per heavy atom. The van der Waals surface area contributed by atoms with E-state index in [1.165, 1.54) is 10.4 Å². The van der Waals surface area contributed by atoms with E-state index >= 15 is 0 Å². The highest BCUT2D eigenvalue weighted by atomic mass is 79.9. The van der Waals surface area contributed by atoms with E-state index < -0.39 is 0 Å². The van der Waals surface area contributed by atoms with Crippen molar-refractivity contribution in [2.45, 2.75) is 25.2 Å². The molecule has 0 bridgehead atoms. The number of methoxy groups -OCH3 is 1. The lowest BCUT2D eigenvalue weighted by Gasteiger charge is -2.22. The molecule has 2 aromatic rings. The topological polar surface area (TPSA) is 26.3 Å². The second kappa shape index (κ2) is 5.70. The highest BCUT2D eigenvalue weighted by Gasteiger charge is 2.29. The Labute approximate surface area is 130 Å². The molecule has 0 radical (unpaired) electrons. The molecule has 4 heteroatoms. The Morgan fingerprint density at radius 3 is 3.05 bits per heavy atom. The van der Waals surface area contributed by atoms with E-state index in [4.69, 9.17) is 4.74 Å². The van der Waals surface area contributed by atoms with E-state index in [1.807, 2.05) is 18.2 Å². The minimum Gasteiger partial charge on any atom is -0.496 e. The number of aryl methyl sites for hydroxylation is 1.